The predicted molar refractivity (Wildman–Crippen MR) is 128 cm³/mol. The molecule has 0 spiro atoms. The Kier molecular flexibility index (Phi) is 5.00. The average Bonchev–Trinajstić information content (AvgIpc) is 3.31. The standard InChI is InChI=1S/C26H22N4O5/c1-34-21-11-19-20(27-13-16-7-4-10-29(16)26(19)33)12-22(21)35-28-14-30-24(31)17-8-2-5-15-6-3-9-18(23(15)17)25(30)32/h2-3,5-6,8-9,11-13,16,28H,4,7,10,14H2,1H3/t16-/m0/s1. The first-order valence-electron chi connectivity index (χ1n) is 11.4. The van der Waals surface area contributed by atoms with Crippen LogP contribution < -0.4 is 15.1 Å². The Labute approximate surface area is 200 Å². The molecule has 1 saturated heterocycles. The van der Waals surface area contributed by atoms with Gasteiger partial charge in [-0.05, 0) is 36.4 Å². The second kappa shape index (κ2) is 8.21. The lowest BCUT2D eigenvalue weighted by Gasteiger charge is -2.27. The van der Waals surface area contributed by atoms with Crippen molar-refractivity contribution in [3.05, 3.63) is 65.2 Å². The van der Waals surface area contributed by atoms with Crippen molar-refractivity contribution in [1.82, 2.24) is 15.3 Å². The molecule has 0 unspecified atom stereocenters. The third-order valence-electron chi connectivity index (χ3n) is 6.72. The van der Waals surface area contributed by atoms with Crippen LogP contribution in [0.4, 0.5) is 5.69 Å². The average molecular weight is 470 g/mol. The summed E-state index contributed by atoms with van der Waals surface area (Å²) in [5.41, 5.74) is 4.56. The Hall–Kier alpha value is -4.24. The van der Waals surface area contributed by atoms with Crippen LogP contribution in [0.3, 0.4) is 0 Å². The number of nitrogens with zero attached hydrogens (tertiary/aromatic N) is 3. The molecular formula is C26H22N4O5. The zero-order valence-corrected chi connectivity index (χ0v) is 19.0. The molecule has 0 radical (unpaired) electrons. The number of hydroxylamine groups is 1. The van der Waals surface area contributed by atoms with Crippen LogP contribution in [-0.2, 0) is 0 Å². The van der Waals surface area contributed by atoms with Crippen LogP contribution in [0.1, 0.15) is 43.9 Å². The summed E-state index contributed by atoms with van der Waals surface area (Å²) in [7, 11) is 1.48. The smallest absolute Gasteiger partial charge is 0.262 e. The molecule has 0 saturated carbocycles. The number of methoxy groups -OCH3 is 1. The van der Waals surface area contributed by atoms with Gasteiger partial charge in [0.25, 0.3) is 17.7 Å². The molecule has 0 aromatic heterocycles. The van der Waals surface area contributed by atoms with Gasteiger partial charge in [0.05, 0.1) is 24.4 Å². The number of aliphatic imine (C=N–C) groups is 1. The second-order valence-corrected chi connectivity index (χ2v) is 8.66. The fourth-order valence-corrected chi connectivity index (χ4v) is 4.99. The molecule has 1 N–H and O–H groups in total. The highest BCUT2D eigenvalue weighted by molar-refractivity contribution is 6.25. The minimum Gasteiger partial charge on any atom is -0.493 e. The summed E-state index contributed by atoms with van der Waals surface area (Å²) >= 11 is 0. The van der Waals surface area contributed by atoms with Gasteiger partial charge < -0.3 is 14.5 Å². The Morgan fingerprint density at radius 2 is 1.71 bits per heavy atom. The molecule has 0 bridgehead atoms. The van der Waals surface area contributed by atoms with E-state index in [0.29, 0.717) is 40.1 Å². The molecule has 35 heavy (non-hydrogen) atoms. The molecule has 3 heterocycles. The summed E-state index contributed by atoms with van der Waals surface area (Å²) in [5.74, 6) is -0.267. The largest absolute Gasteiger partial charge is 0.493 e. The van der Waals surface area contributed by atoms with Gasteiger partial charge in [-0.15, -0.1) is 5.48 Å². The lowest BCUT2D eigenvalue weighted by atomic mass is 9.94. The van der Waals surface area contributed by atoms with Crippen LogP contribution in [0.15, 0.2) is 53.5 Å². The fourth-order valence-electron chi connectivity index (χ4n) is 4.99. The third kappa shape index (κ3) is 3.35. The van der Waals surface area contributed by atoms with Crippen LogP contribution in [0.5, 0.6) is 11.5 Å². The van der Waals surface area contributed by atoms with Crippen LogP contribution >= 0.6 is 0 Å². The number of benzene rings is 3. The summed E-state index contributed by atoms with van der Waals surface area (Å²) in [6, 6.07) is 14.0. The first kappa shape index (κ1) is 21.3. The molecular weight excluding hydrogens is 448 g/mol. The highest BCUT2D eigenvalue weighted by Gasteiger charge is 2.34. The SMILES string of the molecule is COc1cc2c(cc1ONCN1C(=O)c3cccc4cccc(c34)C1=O)N=C[C@@H]1CCCN1C2=O. The summed E-state index contributed by atoms with van der Waals surface area (Å²) < 4.78 is 5.45. The fraction of sp³-hybridized carbons (Fsp3) is 0.231. The molecule has 3 aromatic rings. The quantitative estimate of drug-likeness (QED) is 0.454. The zero-order chi connectivity index (χ0) is 24.1. The topological polar surface area (TPSA) is 101 Å². The van der Waals surface area contributed by atoms with Crippen molar-refractivity contribution in [1.29, 1.82) is 0 Å². The van der Waals surface area contributed by atoms with Crippen molar-refractivity contribution in [3.8, 4) is 11.5 Å². The Morgan fingerprint density at radius 1 is 0.971 bits per heavy atom. The van der Waals surface area contributed by atoms with Gasteiger partial charge in [-0.1, -0.05) is 24.3 Å². The molecule has 9 nitrogen and oxygen atoms in total. The van der Waals surface area contributed by atoms with Gasteiger partial charge in [0.2, 0.25) is 0 Å². The van der Waals surface area contributed by atoms with E-state index in [-0.39, 0.29) is 24.4 Å². The lowest BCUT2D eigenvalue weighted by Crippen LogP contribution is -2.46. The molecule has 0 aliphatic carbocycles. The van der Waals surface area contributed by atoms with Gasteiger partial charge in [-0.2, -0.15) is 0 Å². The minimum atomic E-state index is -0.403. The number of ether oxygens (including phenoxy) is 1. The van der Waals surface area contributed by atoms with Crippen molar-refractivity contribution in [2.75, 3.05) is 20.3 Å². The van der Waals surface area contributed by atoms with Crippen LogP contribution in [0, 0.1) is 0 Å². The van der Waals surface area contributed by atoms with E-state index in [1.54, 1.807) is 42.6 Å². The number of nitrogens with one attached hydrogen (secondary N) is 1. The van der Waals surface area contributed by atoms with Gasteiger partial charge in [0, 0.05) is 35.3 Å². The summed E-state index contributed by atoms with van der Waals surface area (Å²) in [5, 5.41) is 1.51. The molecule has 1 atom stereocenters. The van der Waals surface area contributed by atoms with Crippen molar-refractivity contribution >= 4 is 40.4 Å². The molecule has 3 aliphatic rings. The lowest BCUT2D eigenvalue weighted by molar-refractivity contribution is 0.0504. The van der Waals surface area contributed by atoms with Gasteiger partial charge in [0.15, 0.2) is 11.5 Å². The summed E-state index contributed by atoms with van der Waals surface area (Å²) in [6.07, 6.45) is 3.64. The highest BCUT2D eigenvalue weighted by atomic mass is 16.7. The molecule has 9 heteroatoms. The van der Waals surface area contributed by atoms with Crippen LogP contribution in [0.25, 0.3) is 10.8 Å². The Morgan fingerprint density at radius 3 is 2.43 bits per heavy atom. The molecule has 3 aliphatic heterocycles. The van der Waals surface area contributed by atoms with E-state index in [1.165, 1.54) is 7.11 Å². The number of rotatable bonds is 5. The van der Waals surface area contributed by atoms with Gasteiger partial charge in [0.1, 0.15) is 6.67 Å². The van der Waals surface area contributed by atoms with Crippen molar-refractivity contribution in [2.24, 2.45) is 4.99 Å². The first-order valence-corrected chi connectivity index (χ1v) is 11.4. The van der Waals surface area contributed by atoms with Crippen molar-refractivity contribution in [3.63, 3.8) is 0 Å². The molecule has 1 fully saturated rings. The molecule has 6 rings (SSSR count). The monoisotopic (exact) mass is 470 g/mol. The van der Waals surface area contributed by atoms with E-state index < -0.39 is 11.8 Å². The first-order chi connectivity index (χ1) is 17.1. The third-order valence-corrected chi connectivity index (χ3v) is 6.72. The van der Waals surface area contributed by atoms with Gasteiger partial charge in [-0.3, -0.25) is 24.3 Å². The predicted octanol–water partition coefficient (Wildman–Crippen LogP) is 3.31. The van der Waals surface area contributed by atoms with E-state index >= 15 is 0 Å². The summed E-state index contributed by atoms with van der Waals surface area (Å²) in [4.78, 5) is 52.3. The van der Waals surface area contributed by atoms with E-state index in [2.05, 4.69) is 10.5 Å². The van der Waals surface area contributed by atoms with E-state index in [4.69, 9.17) is 9.57 Å². The maximum absolute atomic E-state index is 13.1. The van der Waals surface area contributed by atoms with E-state index in [1.807, 2.05) is 17.0 Å². The second-order valence-electron chi connectivity index (χ2n) is 8.66. The molecule has 3 aromatic carbocycles. The van der Waals surface area contributed by atoms with E-state index in [0.717, 1.165) is 23.1 Å². The summed E-state index contributed by atoms with van der Waals surface area (Å²) in [6.45, 7) is 0.520. The van der Waals surface area contributed by atoms with Gasteiger partial charge in [-0.25, -0.2) is 0 Å². The maximum Gasteiger partial charge on any atom is 0.262 e. The van der Waals surface area contributed by atoms with Crippen LogP contribution in [-0.4, -0.2) is 60.1 Å². The minimum absolute atomic E-state index is 0.00755. The number of hydrogen-bond donors (Lipinski definition) is 1. The number of amides is 3. The molecule has 176 valence electrons. The normalized spacial score (nSPS) is 18.5. The molecule has 3 amide bonds. The van der Waals surface area contributed by atoms with Crippen molar-refractivity contribution < 1.29 is 24.0 Å². The maximum atomic E-state index is 13.1. The van der Waals surface area contributed by atoms with E-state index in [9.17, 15) is 14.4 Å². The van der Waals surface area contributed by atoms with Gasteiger partial charge >= 0.3 is 0 Å². The van der Waals surface area contributed by atoms with Crippen molar-refractivity contribution in [2.45, 2.75) is 18.9 Å². The Bertz CT molecular complexity index is 1380. The number of imide groups is 1. The number of fused-ring (bicyclic) bond motifs is 2. The van der Waals surface area contributed by atoms with Crippen LogP contribution in [0.2, 0.25) is 0 Å². The highest BCUT2D eigenvalue weighted by Crippen LogP contribution is 2.38. The number of hydrogen-bond acceptors (Lipinski definition) is 7. The number of carbonyl (C=O) groups is 3. The Balaban J connectivity index is 1.24. The number of carbonyl (C=O) groups excluding carboxylic acids is 3. The zero-order valence-electron chi connectivity index (χ0n) is 19.0.